The van der Waals surface area contributed by atoms with E-state index in [0.717, 1.165) is 33.5 Å². The standard InChI is InChI=1S/C30H28N4O4/c1-30-26-22(21-7-3-5-9-24(21)32-26)16-18-33(30)29(37)34(28(30)36)25-10-6-4-8-23(25)27(35)31-17-15-19-11-13-20(38-2)14-12-19/h3-14,32H,15-18H2,1-2H3,(H,31,35)/t30-/m0/s1. The fourth-order valence-corrected chi connectivity index (χ4v) is 5.67. The maximum absolute atomic E-state index is 14.0. The zero-order valence-electron chi connectivity index (χ0n) is 21.3. The molecule has 1 atom stereocenters. The number of H-pyrrole nitrogens is 1. The first-order valence-corrected chi connectivity index (χ1v) is 12.7. The predicted molar refractivity (Wildman–Crippen MR) is 144 cm³/mol. The Kier molecular flexibility index (Phi) is 5.67. The summed E-state index contributed by atoms with van der Waals surface area (Å²) in [6.07, 6.45) is 1.28. The summed E-state index contributed by atoms with van der Waals surface area (Å²) in [5.41, 5.74) is 3.20. The van der Waals surface area contributed by atoms with E-state index in [4.69, 9.17) is 4.74 Å². The molecular weight excluding hydrogens is 480 g/mol. The van der Waals surface area contributed by atoms with Crippen molar-refractivity contribution in [1.82, 2.24) is 15.2 Å². The van der Waals surface area contributed by atoms with Gasteiger partial charge in [0.15, 0.2) is 5.54 Å². The molecule has 0 spiro atoms. The largest absolute Gasteiger partial charge is 0.497 e. The van der Waals surface area contributed by atoms with Gasteiger partial charge in [-0.1, -0.05) is 42.5 Å². The number of hydrogen-bond donors (Lipinski definition) is 2. The third-order valence-electron chi connectivity index (χ3n) is 7.72. The van der Waals surface area contributed by atoms with Gasteiger partial charge in [0.05, 0.1) is 24.1 Å². The molecule has 0 bridgehead atoms. The number of anilines is 1. The van der Waals surface area contributed by atoms with Crippen molar-refractivity contribution in [3.05, 3.63) is 95.2 Å². The molecule has 192 valence electrons. The highest BCUT2D eigenvalue weighted by Crippen LogP contribution is 2.45. The highest BCUT2D eigenvalue weighted by atomic mass is 16.5. The molecule has 0 saturated carbocycles. The average molecular weight is 509 g/mol. The molecule has 4 aromatic rings. The summed E-state index contributed by atoms with van der Waals surface area (Å²) in [7, 11) is 1.62. The number of fused-ring (bicyclic) bond motifs is 5. The number of nitrogens with one attached hydrogen (secondary N) is 2. The van der Waals surface area contributed by atoms with Crippen LogP contribution in [0.4, 0.5) is 10.5 Å². The molecular formula is C30H28N4O4. The molecule has 1 aromatic heterocycles. The maximum Gasteiger partial charge on any atom is 0.332 e. The number of carbonyl (C=O) groups excluding carboxylic acids is 3. The second-order valence-electron chi connectivity index (χ2n) is 9.79. The summed E-state index contributed by atoms with van der Waals surface area (Å²) >= 11 is 0. The Morgan fingerprint density at radius 3 is 2.55 bits per heavy atom. The van der Waals surface area contributed by atoms with Gasteiger partial charge in [-0.15, -0.1) is 0 Å². The minimum atomic E-state index is -1.18. The maximum atomic E-state index is 14.0. The minimum Gasteiger partial charge on any atom is -0.497 e. The number of nitrogens with zero attached hydrogens (tertiary/aromatic N) is 2. The topological polar surface area (TPSA) is 94.7 Å². The lowest BCUT2D eigenvalue weighted by atomic mass is 9.87. The van der Waals surface area contributed by atoms with Crippen LogP contribution in [0, 0.1) is 0 Å². The number of aromatic nitrogens is 1. The summed E-state index contributed by atoms with van der Waals surface area (Å²) in [6, 6.07) is 22.0. The Balaban J connectivity index is 1.28. The van der Waals surface area contributed by atoms with Crippen molar-refractivity contribution >= 4 is 34.4 Å². The van der Waals surface area contributed by atoms with Gasteiger partial charge in [-0.2, -0.15) is 0 Å². The lowest BCUT2D eigenvalue weighted by molar-refractivity contribution is -0.125. The van der Waals surface area contributed by atoms with E-state index in [2.05, 4.69) is 10.3 Å². The number of para-hydroxylation sites is 2. The predicted octanol–water partition coefficient (Wildman–Crippen LogP) is 4.39. The summed E-state index contributed by atoms with van der Waals surface area (Å²) in [6.45, 7) is 2.62. The van der Waals surface area contributed by atoms with E-state index in [9.17, 15) is 14.4 Å². The van der Waals surface area contributed by atoms with Gasteiger partial charge in [0, 0.05) is 24.0 Å². The van der Waals surface area contributed by atoms with E-state index in [0.29, 0.717) is 25.9 Å². The normalized spacial score (nSPS) is 18.5. The number of hydrogen-bond acceptors (Lipinski definition) is 4. The Morgan fingerprint density at radius 2 is 1.76 bits per heavy atom. The van der Waals surface area contributed by atoms with Gasteiger partial charge >= 0.3 is 6.03 Å². The summed E-state index contributed by atoms with van der Waals surface area (Å²) in [4.78, 5) is 47.2. The van der Waals surface area contributed by atoms with E-state index in [1.54, 1.807) is 43.2 Å². The van der Waals surface area contributed by atoms with Gasteiger partial charge in [0.1, 0.15) is 5.75 Å². The number of amides is 4. The lowest BCUT2D eigenvalue weighted by Crippen LogP contribution is -2.49. The first-order valence-electron chi connectivity index (χ1n) is 12.7. The van der Waals surface area contributed by atoms with E-state index >= 15 is 0 Å². The molecule has 0 unspecified atom stereocenters. The van der Waals surface area contributed by atoms with Crippen LogP contribution < -0.4 is 15.0 Å². The molecule has 4 amide bonds. The smallest absolute Gasteiger partial charge is 0.332 e. The van der Waals surface area contributed by atoms with Crippen LogP contribution in [-0.2, 0) is 23.2 Å². The second-order valence-corrected chi connectivity index (χ2v) is 9.79. The fourth-order valence-electron chi connectivity index (χ4n) is 5.67. The zero-order valence-corrected chi connectivity index (χ0v) is 21.3. The zero-order chi connectivity index (χ0) is 26.4. The van der Waals surface area contributed by atoms with Crippen LogP contribution in [-0.4, -0.2) is 47.9 Å². The second kappa shape index (κ2) is 9.06. The number of aromatic amines is 1. The van der Waals surface area contributed by atoms with E-state index in [-0.39, 0.29) is 23.1 Å². The fraction of sp³-hybridized carbons (Fsp3) is 0.233. The SMILES string of the molecule is COc1ccc(CCNC(=O)c2ccccc2N2C(=O)N3CCc4c([nH]c5ccccc45)[C@@]3(C)C2=O)cc1. The van der Waals surface area contributed by atoms with Crippen molar-refractivity contribution in [2.24, 2.45) is 0 Å². The van der Waals surface area contributed by atoms with Gasteiger partial charge in [0.2, 0.25) is 0 Å². The summed E-state index contributed by atoms with van der Waals surface area (Å²) in [5, 5.41) is 4.00. The molecule has 0 radical (unpaired) electrons. The molecule has 2 aliphatic heterocycles. The van der Waals surface area contributed by atoms with Crippen LogP contribution in [0.1, 0.15) is 34.1 Å². The van der Waals surface area contributed by atoms with Crippen LogP contribution in [0.15, 0.2) is 72.8 Å². The Hall–Kier alpha value is -4.59. The third-order valence-corrected chi connectivity index (χ3v) is 7.72. The number of methoxy groups -OCH3 is 1. The van der Waals surface area contributed by atoms with Crippen LogP contribution in [0.2, 0.25) is 0 Å². The summed E-state index contributed by atoms with van der Waals surface area (Å²) in [5.74, 6) is 0.0701. The third kappa shape index (κ3) is 3.55. The molecule has 2 aliphatic rings. The number of urea groups is 1. The van der Waals surface area contributed by atoms with Gasteiger partial charge < -0.3 is 19.9 Å². The van der Waals surface area contributed by atoms with Gasteiger partial charge in [-0.3, -0.25) is 9.59 Å². The molecule has 1 fully saturated rings. The molecule has 0 aliphatic carbocycles. The van der Waals surface area contributed by atoms with Gasteiger partial charge in [-0.25, -0.2) is 9.69 Å². The van der Waals surface area contributed by atoms with Crippen LogP contribution in [0.25, 0.3) is 10.9 Å². The molecule has 38 heavy (non-hydrogen) atoms. The molecule has 3 aromatic carbocycles. The Morgan fingerprint density at radius 1 is 1.03 bits per heavy atom. The van der Waals surface area contributed by atoms with E-state index < -0.39 is 11.6 Å². The number of benzene rings is 3. The average Bonchev–Trinajstić information content (AvgIpc) is 3.42. The highest BCUT2D eigenvalue weighted by Gasteiger charge is 2.59. The van der Waals surface area contributed by atoms with Crippen LogP contribution >= 0.6 is 0 Å². The van der Waals surface area contributed by atoms with Crippen molar-refractivity contribution in [1.29, 1.82) is 0 Å². The number of ether oxygens (including phenoxy) is 1. The summed E-state index contributed by atoms with van der Waals surface area (Å²) < 4.78 is 5.19. The van der Waals surface area contributed by atoms with Crippen LogP contribution in [0.5, 0.6) is 5.75 Å². The van der Waals surface area contributed by atoms with E-state index in [1.165, 1.54) is 4.90 Å². The van der Waals surface area contributed by atoms with Crippen molar-refractivity contribution in [3.63, 3.8) is 0 Å². The molecule has 8 heteroatoms. The van der Waals surface area contributed by atoms with Gasteiger partial charge in [-0.05, 0) is 61.2 Å². The van der Waals surface area contributed by atoms with Crippen molar-refractivity contribution in [3.8, 4) is 5.75 Å². The van der Waals surface area contributed by atoms with Crippen LogP contribution in [0.3, 0.4) is 0 Å². The highest BCUT2D eigenvalue weighted by molar-refractivity contribution is 6.25. The number of imide groups is 1. The minimum absolute atomic E-state index is 0.282. The quantitative estimate of drug-likeness (QED) is 0.378. The first-order chi connectivity index (χ1) is 18.4. The monoisotopic (exact) mass is 508 g/mol. The van der Waals surface area contributed by atoms with Crippen molar-refractivity contribution in [2.75, 3.05) is 25.1 Å². The van der Waals surface area contributed by atoms with Gasteiger partial charge in [0.25, 0.3) is 11.8 Å². The first kappa shape index (κ1) is 23.8. The number of rotatable bonds is 6. The molecule has 2 N–H and O–H groups in total. The van der Waals surface area contributed by atoms with Crippen molar-refractivity contribution in [2.45, 2.75) is 25.3 Å². The van der Waals surface area contributed by atoms with E-state index in [1.807, 2.05) is 48.5 Å². The molecule has 8 nitrogen and oxygen atoms in total. The molecule has 3 heterocycles. The lowest BCUT2D eigenvalue weighted by Gasteiger charge is -2.35. The Bertz CT molecular complexity index is 1570. The molecule has 6 rings (SSSR count). The van der Waals surface area contributed by atoms with Crippen molar-refractivity contribution < 1.29 is 19.1 Å². The molecule has 1 saturated heterocycles. The number of carbonyl (C=O) groups is 3. The Labute approximate surface area is 220 Å².